The quantitative estimate of drug-likeness (QED) is 0.205. The van der Waals surface area contributed by atoms with Crippen molar-refractivity contribution in [2.24, 2.45) is 11.8 Å². The van der Waals surface area contributed by atoms with Gasteiger partial charge in [0.2, 0.25) is 6.29 Å². The minimum atomic E-state index is -1.67. The van der Waals surface area contributed by atoms with E-state index in [0.717, 1.165) is 13.4 Å². The number of hydrogen-bond acceptors (Lipinski definition) is 11. The summed E-state index contributed by atoms with van der Waals surface area (Å²) < 4.78 is 20.9. The van der Waals surface area contributed by atoms with E-state index < -0.39 is 73.6 Å². The van der Waals surface area contributed by atoms with Gasteiger partial charge in [-0.25, -0.2) is 4.79 Å². The maximum atomic E-state index is 12.0. The van der Waals surface area contributed by atoms with Gasteiger partial charge in [0.1, 0.15) is 30.5 Å². The Bertz CT molecular complexity index is 647. The molecule has 10 unspecified atom stereocenters. The van der Waals surface area contributed by atoms with Crippen molar-refractivity contribution < 1.29 is 54.4 Å². The lowest BCUT2D eigenvalue weighted by molar-refractivity contribution is -0.339. The fourth-order valence-electron chi connectivity index (χ4n) is 3.81. The zero-order chi connectivity index (χ0) is 20.7. The predicted molar refractivity (Wildman–Crippen MR) is 88.0 cm³/mol. The number of carbonyl (C=O) groups is 1. The first-order chi connectivity index (χ1) is 13.2. The maximum absolute atomic E-state index is 12.0. The fourth-order valence-corrected chi connectivity index (χ4v) is 3.81. The van der Waals surface area contributed by atoms with Crippen LogP contribution in [-0.4, -0.2) is 99.5 Å². The molecule has 3 aliphatic rings. The highest BCUT2D eigenvalue weighted by Crippen LogP contribution is 2.47. The highest BCUT2D eigenvalue weighted by Gasteiger charge is 2.56. The largest absolute Gasteiger partial charge is 0.471 e. The van der Waals surface area contributed by atoms with Crippen molar-refractivity contribution in [3.63, 3.8) is 0 Å². The van der Waals surface area contributed by atoms with Gasteiger partial charge < -0.3 is 49.6 Å². The van der Waals surface area contributed by atoms with Gasteiger partial charge in [-0.1, -0.05) is 6.58 Å². The van der Waals surface area contributed by atoms with Crippen LogP contribution in [0.15, 0.2) is 24.0 Å². The van der Waals surface area contributed by atoms with Crippen molar-refractivity contribution in [3.05, 3.63) is 24.0 Å². The van der Waals surface area contributed by atoms with Gasteiger partial charge >= 0.3 is 5.97 Å². The molecule has 1 saturated carbocycles. The summed E-state index contributed by atoms with van der Waals surface area (Å²) in [7, 11) is 1.15. The molecule has 0 aromatic carbocycles. The highest BCUT2D eigenvalue weighted by molar-refractivity contribution is 5.89. The molecule has 1 saturated heterocycles. The Hall–Kier alpha value is -1.57. The van der Waals surface area contributed by atoms with E-state index in [9.17, 15) is 35.4 Å². The highest BCUT2D eigenvalue weighted by atomic mass is 16.8. The molecule has 0 spiro atoms. The molecule has 10 atom stereocenters. The lowest BCUT2D eigenvalue weighted by Gasteiger charge is -2.42. The van der Waals surface area contributed by atoms with Gasteiger partial charge in [0.15, 0.2) is 6.29 Å². The Kier molecular flexibility index (Phi) is 6.08. The zero-order valence-corrected chi connectivity index (χ0v) is 15.0. The number of fused-ring (bicyclic) bond motifs is 1. The molecule has 1 aliphatic carbocycles. The van der Waals surface area contributed by atoms with Crippen molar-refractivity contribution >= 4 is 5.97 Å². The van der Waals surface area contributed by atoms with E-state index >= 15 is 0 Å². The molecule has 0 aromatic rings. The zero-order valence-electron chi connectivity index (χ0n) is 15.0. The molecule has 158 valence electrons. The number of hydrogen-bond donors (Lipinski definition) is 6. The smallest absolute Gasteiger partial charge is 0.337 e. The number of aliphatic hydroxyl groups excluding tert-OH is 6. The minimum absolute atomic E-state index is 0.0219. The average Bonchev–Trinajstić information content (AvgIpc) is 2.92. The van der Waals surface area contributed by atoms with Gasteiger partial charge in [-0.2, -0.15) is 0 Å². The summed E-state index contributed by atoms with van der Waals surface area (Å²) in [5.41, 5.74) is 0.118. The Morgan fingerprint density at radius 1 is 1.07 bits per heavy atom. The van der Waals surface area contributed by atoms with E-state index in [-0.39, 0.29) is 11.1 Å². The van der Waals surface area contributed by atoms with Gasteiger partial charge in [0, 0.05) is 5.92 Å². The Balaban J connectivity index is 1.85. The summed E-state index contributed by atoms with van der Waals surface area (Å²) in [6.07, 6.45) is -10.5. The molecule has 28 heavy (non-hydrogen) atoms. The Morgan fingerprint density at radius 3 is 2.36 bits per heavy atom. The van der Waals surface area contributed by atoms with E-state index in [1.807, 2.05) is 0 Å². The lowest BCUT2D eigenvalue weighted by Crippen LogP contribution is -2.60. The summed E-state index contributed by atoms with van der Waals surface area (Å²) in [5.74, 6) is -2.60. The van der Waals surface area contributed by atoms with Crippen LogP contribution >= 0.6 is 0 Å². The molecule has 11 nitrogen and oxygen atoms in total. The van der Waals surface area contributed by atoms with E-state index in [2.05, 4.69) is 11.3 Å². The van der Waals surface area contributed by atoms with Gasteiger partial charge in [0.05, 0.1) is 37.6 Å². The maximum Gasteiger partial charge on any atom is 0.337 e. The first-order valence-electron chi connectivity index (χ1n) is 8.67. The monoisotopic (exact) mass is 404 g/mol. The minimum Gasteiger partial charge on any atom is -0.471 e. The second-order valence-electron chi connectivity index (χ2n) is 6.96. The van der Waals surface area contributed by atoms with E-state index in [4.69, 9.17) is 14.2 Å². The van der Waals surface area contributed by atoms with Crippen molar-refractivity contribution in [3.8, 4) is 0 Å². The van der Waals surface area contributed by atoms with Gasteiger partial charge in [-0.3, -0.25) is 0 Å². The predicted octanol–water partition coefficient (Wildman–Crippen LogP) is -3.26. The molecule has 0 aromatic heterocycles. The number of methoxy groups -OCH3 is 1. The second-order valence-corrected chi connectivity index (χ2v) is 6.96. The molecule has 0 amide bonds. The molecule has 2 heterocycles. The summed E-state index contributed by atoms with van der Waals surface area (Å²) in [6, 6.07) is 0. The molecule has 2 aliphatic heterocycles. The molecule has 3 rings (SSSR count). The molecular weight excluding hydrogens is 380 g/mol. The summed E-state index contributed by atoms with van der Waals surface area (Å²) in [4.78, 5) is 12.0. The van der Waals surface area contributed by atoms with E-state index in [0.29, 0.717) is 0 Å². The fraction of sp³-hybridized carbons (Fsp3) is 0.706. The molecule has 11 heteroatoms. The number of ether oxygens (including phenoxy) is 4. The molecular formula is C17H24O11. The Morgan fingerprint density at radius 2 is 1.75 bits per heavy atom. The number of esters is 1. The third-order valence-electron chi connectivity index (χ3n) is 5.41. The Labute approximate surface area is 160 Å². The van der Waals surface area contributed by atoms with Crippen LogP contribution in [0.2, 0.25) is 0 Å². The number of rotatable bonds is 4. The van der Waals surface area contributed by atoms with Crippen LogP contribution in [-0.2, 0) is 23.7 Å². The van der Waals surface area contributed by atoms with Crippen molar-refractivity contribution in [1.82, 2.24) is 0 Å². The molecule has 2 fully saturated rings. The van der Waals surface area contributed by atoms with Crippen molar-refractivity contribution in [2.45, 2.75) is 49.2 Å². The molecule has 0 radical (unpaired) electrons. The van der Waals surface area contributed by atoms with Gasteiger partial charge in [0.25, 0.3) is 0 Å². The van der Waals surface area contributed by atoms with Gasteiger partial charge in [-0.05, 0) is 5.57 Å². The van der Waals surface area contributed by atoms with Crippen LogP contribution in [0.25, 0.3) is 0 Å². The van der Waals surface area contributed by atoms with Crippen LogP contribution in [0.4, 0.5) is 0 Å². The van der Waals surface area contributed by atoms with Crippen molar-refractivity contribution in [2.75, 3.05) is 13.7 Å². The molecule has 0 bridgehead atoms. The first-order valence-corrected chi connectivity index (χ1v) is 8.67. The molecule has 6 N–H and O–H groups in total. The third-order valence-corrected chi connectivity index (χ3v) is 5.41. The normalized spacial score (nSPS) is 45.8. The lowest BCUT2D eigenvalue weighted by atomic mass is 9.84. The third kappa shape index (κ3) is 3.33. The SMILES string of the molecule is C=C1C(O)C(O)C2C(C(=O)OC)=COC(OC3OC(CO)C(O)C(O)C3O)C12. The van der Waals surface area contributed by atoms with Crippen LogP contribution in [0, 0.1) is 11.8 Å². The van der Waals surface area contributed by atoms with E-state index in [1.54, 1.807) is 0 Å². The van der Waals surface area contributed by atoms with Crippen molar-refractivity contribution in [1.29, 1.82) is 0 Å². The van der Waals surface area contributed by atoms with Gasteiger partial charge in [-0.15, -0.1) is 0 Å². The standard InChI is InChI=1S/C17H24O11/c1-5-8-9(12(21)10(5)19)6(15(24)25-2)4-26-16(8)28-17-14(23)13(22)11(20)7(3-18)27-17/h4,7-14,16-23H,1,3H2,2H3. The van der Waals surface area contributed by atoms with E-state index in [1.165, 1.54) is 0 Å². The first kappa shape index (κ1) is 21.1. The van der Waals surface area contributed by atoms with Crippen LogP contribution in [0.1, 0.15) is 0 Å². The average molecular weight is 404 g/mol. The summed E-state index contributed by atoms with van der Waals surface area (Å²) in [5, 5.41) is 59.7. The summed E-state index contributed by atoms with van der Waals surface area (Å²) >= 11 is 0. The van der Waals surface area contributed by atoms with Crippen LogP contribution < -0.4 is 0 Å². The van der Waals surface area contributed by atoms with Crippen LogP contribution in [0.3, 0.4) is 0 Å². The topological polar surface area (TPSA) is 175 Å². The summed E-state index contributed by atoms with van der Waals surface area (Å²) in [6.45, 7) is 3.09. The van der Waals surface area contributed by atoms with Crippen LogP contribution in [0.5, 0.6) is 0 Å². The number of aliphatic hydroxyl groups is 6. The number of carbonyl (C=O) groups excluding carboxylic acids is 1. The second kappa shape index (κ2) is 8.05.